The Balaban J connectivity index is 2.22. The largest absolute Gasteiger partial charge is 0.306 e. The molecule has 0 unspecified atom stereocenters. The highest BCUT2D eigenvalue weighted by molar-refractivity contribution is 6.41. The van der Waals surface area contributed by atoms with Gasteiger partial charge in [0.25, 0.3) is 5.91 Å². The standard InChI is InChI=1S/C12H9Cl2N3O/c1-7-3-2-4-15-11(7)17-12(18)8-5-9(13)10(14)16-6-8/h2-6H,1H3,(H,15,17,18). The van der Waals surface area contributed by atoms with Gasteiger partial charge in [-0.15, -0.1) is 0 Å². The molecule has 2 aromatic rings. The third-order valence-corrected chi connectivity index (χ3v) is 2.99. The van der Waals surface area contributed by atoms with E-state index in [1.165, 1.54) is 12.3 Å². The topological polar surface area (TPSA) is 54.9 Å². The summed E-state index contributed by atoms with van der Waals surface area (Å²) in [6.07, 6.45) is 2.97. The van der Waals surface area contributed by atoms with Crippen molar-refractivity contribution in [1.29, 1.82) is 0 Å². The van der Waals surface area contributed by atoms with Crippen molar-refractivity contribution < 1.29 is 4.79 Å². The van der Waals surface area contributed by atoms with Crippen molar-refractivity contribution >= 4 is 34.9 Å². The van der Waals surface area contributed by atoms with Crippen molar-refractivity contribution in [3.63, 3.8) is 0 Å². The normalized spacial score (nSPS) is 10.2. The molecule has 0 aliphatic heterocycles. The van der Waals surface area contributed by atoms with Crippen LogP contribution in [0.15, 0.2) is 30.6 Å². The van der Waals surface area contributed by atoms with Crippen molar-refractivity contribution in [2.75, 3.05) is 5.32 Å². The lowest BCUT2D eigenvalue weighted by Gasteiger charge is -2.07. The van der Waals surface area contributed by atoms with Crippen molar-refractivity contribution in [2.24, 2.45) is 0 Å². The molecule has 0 fully saturated rings. The molecule has 4 nitrogen and oxygen atoms in total. The van der Waals surface area contributed by atoms with Crippen LogP contribution >= 0.6 is 23.2 Å². The molecule has 6 heteroatoms. The minimum absolute atomic E-state index is 0.169. The second-order valence-corrected chi connectivity index (χ2v) is 4.38. The van der Waals surface area contributed by atoms with Crippen LogP contribution in [0.5, 0.6) is 0 Å². The van der Waals surface area contributed by atoms with Crippen LogP contribution < -0.4 is 5.32 Å². The van der Waals surface area contributed by atoms with Gasteiger partial charge in [-0.1, -0.05) is 29.3 Å². The molecule has 0 atom stereocenters. The molecular weight excluding hydrogens is 273 g/mol. The van der Waals surface area contributed by atoms with E-state index in [4.69, 9.17) is 23.2 Å². The van der Waals surface area contributed by atoms with Gasteiger partial charge in [-0.25, -0.2) is 9.97 Å². The van der Waals surface area contributed by atoms with Gasteiger partial charge in [0, 0.05) is 12.4 Å². The molecule has 92 valence electrons. The van der Waals surface area contributed by atoms with Gasteiger partial charge in [0.15, 0.2) is 0 Å². The molecule has 0 saturated heterocycles. The van der Waals surface area contributed by atoms with E-state index < -0.39 is 0 Å². The van der Waals surface area contributed by atoms with E-state index in [0.717, 1.165) is 5.56 Å². The fourth-order valence-corrected chi connectivity index (χ4v) is 1.61. The number of nitrogens with one attached hydrogen (secondary N) is 1. The maximum absolute atomic E-state index is 11.9. The summed E-state index contributed by atoms with van der Waals surface area (Å²) in [5, 5.41) is 3.09. The summed E-state index contributed by atoms with van der Waals surface area (Å²) in [5.41, 5.74) is 1.20. The fourth-order valence-electron chi connectivity index (χ4n) is 1.34. The van der Waals surface area contributed by atoms with Gasteiger partial charge < -0.3 is 5.32 Å². The summed E-state index contributed by atoms with van der Waals surface area (Å²) in [6, 6.07) is 5.12. The third kappa shape index (κ3) is 2.78. The van der Waals surface area contributed by atoms with Crippen LogP contribution in [0, 0.1) is 6.92 Å². The van der Waals surface area contributed by atoms with E-state index in [9.17, 15) is 4.79 Å². The van der Waals surface area contributed by atoms with E-state index in [2.05, 4.69) is 15.3 Å². The second kappa shape index (κ2) is 5.33. The highest BCUT2D eigenvalue weighted by Gasteiger charge is 2.10. The first-order valence-electron chi connectivity index (χ1n) is 5.12. The molecule has 0 aromatic carbocycles. The van der Waals surface area contributed by atoms with Crippen LogP contribution in [-0.2, 0) is 0 Å². The molecule has 0 bridgehead atoms. The van der Waals surface area contributed by atoms with Crippen LogP contribution in [-0.4, -0.2) is 15.9 Å². The number of amides is 1. The Hall–Kier alpha value is -1.65. The summed E-state index contributed by atoms with van der Waals surface area (Å²) in [7, 11) is 0. The summed E-state index contributed by atoms with van der Waals surface area (Å²) >= 11 is 11.5. The van der Waals surface area contributed by atoms with Crippen LogP contribution in [0.4, 0.5) is 5.82 Å². The smallest absolute Gasteiger partial charge is 0.258 e. The van der Waals surface area contributed by atoms with E-state index in [1.807, 2.05) is 13.0 Å². The number of carbonyl (C=O) groups is 1. The Kier molecular flexibility index (Phi) is 3.79. The quantitative estimate of drug-likeness (QED) is 0.859. The van der Waals surface area contributed by atoms with E-state index in [-0.39, 0.29) is 16.1 Å². The molecule has 18 heavy (non-hydrogen) atoms. The van der Waals surface area contributed by atoms with Crippen LogP contribution in [0.25, 0.3) is 0 Å². The van der Waals surface area contributed by atoms with Crippen molar-refractivity contribution in [2.45, 2.75) is 6.92 Å². The van der Waals surface area contributed by atoms with Crippen LogP contribution in [0.1, 0.15) is 15.9 Å². The first kappa shape index (κ1) is 12.8. The van der Waals surface area contributed by atoms with Gasteiger partial charge in [0.2, 0.25) is 0 Å². The molecule has 0 aliphatic rings. The minimum Gasteiger partial charge on any atom is -0.306 e. The molecule has 1 amide bonds. The zero-order valence-corrected chi connectivity index (χ0v) is 11.0. The predicted molar refractivity (Wildman–Crippen MR) is 71.2 cm³/mol. The zero-order chi connectivity index (χ0) is 13.1. The lowest BCUT2D eigenvalue weighted by molar-refractivity contribution is 0.102. The average Bonchev–Trinajstić information content (AvgIpc) is 2.35. The Morgan fingerprint density at radius 2 is 2.11 bits per heavy atom. The third-order valence-electron chi connectivity index (χ3n) is 2.30. The number of aryl methyl sites for hydroxylation is 1. The number of rotatable bonds is 2. The molecule has 2 heterocycles. The highest BCUT2D eigenvalue weighted by Crippen LogP contribution is 2.20. The van der Waals surface area contributed by atoms with Gasteiger partial charge in [-0.3, -0.25) is 4.79 Å². The number of halogens is 2. The maximum Gasteiger partial charge on any atom is 0.258 e. The Bertz CT molecular complexity index is 602. The molecular formula is C12H9Cl2N3O. The lowest BCUT2D eigenvalue weighted by atomic mass is 10.2. The van der Waals surface area contributed by atoms with E-state index in [1.54, 1.807) is 12.3 Å². The van der Waals surface area contributed by atoms with E-state index >= 15 is 0 Å². The summed E-state index contributed by atoms with van der Waals surface area (Å²) < 4.78 is 0. The summed E-state index contributed by atoms with van der Waals surface area (Å²) in [6.45, 7) is 1.86. The number of hydrogen-bond donors (Lipinski definition) is 1. The minimum atomic E-state index is -0.331. The van der Waals surface area contributed by atoms with Gasteiger partial charge in [-0.2, -0.15) is 0 Å². The Labute approximate surface area is 114 Å². The number of hydrogen-bond acceptors (Lipinski definition) is 3. The average molecular weight is 282 g/mol. The van der Waals surface area contributed by atoms with Crippen molar-refractivity contribution in [3.8, 4) is 0 Å². The molecule has 0 radical (unpaired) electrons. The van der Waals surface area contributed by atoms with Gasteiger partial charge >= 0.3 is 0 Å². The van der Waals surface area contributed by atoms with Gasteiger partial charge in [-0.05, 0) is 24.6 Å². The number of carbonyl (C=O) groups excluding carboxylic acids is 1. The molecule has 0 aliphatic carbocycles. The first-order chi connectivity index (χ1) is 8.58. The van der Waals surface area contributed by atoms with Crippen LogP contribution in [0.2, 0.25) is 10.2 Å². The molecule has 1 N–H and O–H groups in total. The molecule has 0 saturated carbocycles. The monoisotopic (exact) mass is 281 g/mol. The summed E-state index contributed by atoms with van der Waals surface area (Å²) in [5.74, 6) is 0.177. The van der Waals surface area contributed by atoms with Crippen LogP contribution in [0.3, 0.4) is 0 Å². The first-order valence-corrected chi connectivity index (χ1v) is 5.87. The fraction of sp³-hybridized carbons (Fsp3) is 0.0833. The second-order valence-electron chi connectivity index (χ2n) is 3.62. The van der Waals surface area contributed by atoms with Gasteiger partial charge in [0.1, 0.15) is 11.0 Å². The molecule has 2 aromatic heterocycles. The number of anilines is 1. The van der Waals surface area contributed by atoms with Crippen molar-refractivity contribution in [1.82, 2.24) is 9.97 Å². The van der Waals surface area contributed by atoms with E-state index in [0.29, 0.717) is 11.4 Å². The molecule has 2 rings (SSSR count). The van der Waals surface area contributed by atoms with Crippen molar-refractivity contribution in [3.05, 3.63) is 51.9 Å². The number of aromatic nitrogens is 2. The number of pyridine rings is 2. The number of nitrogens with zero attached hydrogens (tertiary/aromatic N) is 2. The SMILES string of the molecule is Cc1cccnc1NC(=O)c1cnc(Cl)c(Cl)c1. The molecule has 0 spiro atoms. The predicted octanol–water partition coefficient (Wildman–Crippen LogP) is 3.34. The Morgan fingerprint density at radius 1 is 1.33 bits per heavy atom. The lowest BCUT2D eigenvalue weighted by Crippen LogP contribution is -2.14. The maximum atomic E-state index is 11.9. The summed E-state index contributed by atoms with van der Waals surface area (Å²) in [4.78, 5) is 19.8. The highest BCUT2D eigenvalue weighted by atomic mass is 35.5. The Morgan fingerprint density at radius 3 is 2.78 bits per heavy atom. The zero-order valence-electron chi connectivity index (χ0n) is 9.45. The van der Waals surface area contributed by atoms with Gasteiger partial charge in [0.05, 0.1) is 10.6 Å².